The summed E-state index contributed by atoms with van der Waals surface area (Å²) in [7, 11) is -3.44. The summed E-state index contributed by atoms with van der Waals surface area (Å²) in [6.45, 7) is 7.44. The lowest BCUT2D eigenvalue weighted by molar-refractivity contribution is 0.0579. The zero-order valence-electron chi connectivity index (χ0n) is 13.5. The van der Waals surface area contributed by atoms with Crippen molar-refractivity contribution in [2.45, 2.75) is 30.8 Å². The van der Waals surface area contributed by atoms with E-state index in [1.54, 1.807) is 31.2 Å². The maximum Gasteiger partial charge on any atom is 0.182 e. The van der Waals surface area contributed by atoms with E-state index in [0.717, 1.165) is 11.1 Å². The van der Waals surface area contributed by atoms with Crippen LogP contribution in [-0.4, -0.2) is 19.3 Å². The second-order valence-corrected chi connectivity index (χ2v) is 8.13. The van der Waals surface area contributed by atoms with Gasteiger partial charge in [-0.2, -0.15) is 0 Å². The lowest BCUT2D eigenvalue weighted by atomic mass is 9.90. The van der Waals surface area contributed by atoms with E-state index in [-0.39, 0.29) is 17.1 Å². The Bertz CT molecular complexity index is 773. The zero-order chi connectivity index (χ0) is 17.1. The van der Waals surface area contributed by atoms with Crippen LogP contribution in [-0.2, 0) is 15.4 Å². The lowest BCUT2D eigenvalue weighted by Crippen LogP contribution is -2.23. The minimum absolute atomic E-state index is 0.168. The van der Waals surface area contributed by atoms with Crippen LogP contribution in [0.3, 0.4) is 0 Å². The predicted octanol–water partition coefficient (Wildman–Crippen LogP) is 3.62. The van der Waals surface area contributed by atoms with Gasteiger partial charge < -0.3 is 5.11 Å². The summed E-state index contributed by atoms with van der Waals surface area (Å²) < 4.78 is 24.9. The van der Waals surface area contributed by atoms with Gasteiger partial charge in [-0.05, 0) is 31.5 Å². The zero-order valence-corrected chi connectivity index (χ0v) is 14.3. The molecule has 0 amide bonds. The summed E-state index contributed by atoms with van der Waals surface area (Å²) in [6, 6.07) is 16.0. The maximum absolute atomic E-state index is 12.4. The second kappa shape index (κ2) is 6.69. The van der Waals surface area contributed by atoms with Crippen molar-refractivity contribution in [3.05, 3.63) is 77.9 Å². The Morgan fingerprint density at radius 3 is 2.22 bits per heavy atom. The van der Waals surface area contributed by atoms with Gasteiger partial charge in [0.1, 0.15) is 0 Å². The Kier molecular flexibility index (Phi) is 5.07. The molecule has 1 N–H and O–H groups in total. The topological polar surface area (TPSA) is 54.4 Å². The molecular formula is C19H22O3S. The van der Waals surface area contributed by atoms with Crippen LogP contribution in [0, 0.1) is 6.92 Å². The highest BCUT2D eigenvalue weighted by Crippen LogP contribution is 2.28. The summed E-state index contributed by atoms with van der Waals surface area (Å²) in [5.41, 5.74) is 1.10. The fourth-order valence-electron chi connectivity index (χ4n) is 2.53. The van der Waals surface area contributed by atoms with E-state index in [1.807, 2.05) is 37.3 Å². The minimum atomic E-state index is -3.44. The Labute approximate surface area is 138 Å². The molecule has 0 aliphatic carbocycles. The normalized spacial score (nSPS) is 14.2. The highest BCUT2D eigenvalue weighted by atomic mass is 32.2. The van der Waals surface area contributed by atoms with Crippen LogP contribution in [0.4, 0.5) is 0 Å². The Balaban J connectivity index is 2.11. The molecule has 4 heteroatoms. The lowest BCUT2D eigenvalue weighted by Gasteiger charge is -2.25. The molecule has 0 aliphatic rings. The molecule has 23 heavy (non-hydrogen) atoms. The molecule has 3 nitrogen and oxygen atoms in total. The van der Waals surface area contributed by atoms with Crippen molar-refractivity contribution in [3.63, 3.8) is 0 Å². The second-order valence-electron chi connectivity index (χ2n) is 6.14. The highest BCUT2D eigenvalue weighted by molar-refractivity contribution is 7.91. The number of sulfone groups is 1. The largest absolute Gasteiger partial charge is 0.385 e. The van der Waals surface area contributed by atoms with Crippen LogP contribution in [0.5, 0.6) is 0 Å². The SMILES string of the molecule is C=C(CC(C)(O)c1ccccc1)CS(=O)(=O)c1ccc(C)cc1. The van der Waals surface area contributed by atoms with Crippen LogP contribution < -0.4 is 0 Å². The number of aryl methyl sites for hydroxylation is 1. The molecule has 0 saturated carbocycles. The fourth-order valence-corrected chi connectivity index (χ4v) is 3.89. The van der Waals surface area contributed by atoms with Crippen molar-refractivity contribution in [2.24, 2.45) is 0 Å². The summed E-state index contributed by atoms with van der Waals surface area (Å²) in [5, 5.41) is 10.6. The van der Waals surface area contributed by atoms with Crippen LogP contribution in [0.15, 0.2) is 71.6 Å². The van der Waals surface area contributed by atoms with Crippen molar-refractivity contribution in [3.8, 4) is 0 Å². The van der Waals surface area contributed by atoms with Crippen LogP contribution >= 0.6 is 0 Å². The van der Waals surface area contributed by atoms with Gasteiger partial charge in [-0.1, -0.05) is 60.2 Å². The van der Waals surface area contributed by atoms with Crippen molar-refractivity contribution in [2.75, 3.05) is 5.75 Å². The van der Waals surface area contributed by atoms with E-state index >= 15 is 0 Å². The quantitative estimate of drug-likeness (QED) is 0.823. The standard InChI is InChI=1S/C19H22O3S/c1-15-9-11-18(12-10-15)23(21,22)14-16(2)13-19(3,20)17-7-5-4-6-8-17/h4-12,20H,2,13-14H2,1,3H3. The molecule has 2 aromatic rings. The number of rotatable bonds is 6. The number of hydrogen-bond donors (Lipinski definition) is 1. The van der Waals surface area contributed by atoms with E-state index < -0.39 is 15.4 Å². The van der Waals surface area contributed by atoms with Crippen LogP contribution in [0.25, 0.3) is 0 Å². The van der Waals surface area contributed by atoms with E-state index in [1.165, 1.54) is 0 Å². The Morgan fingerprint density at radius 2 is 1.65 bits per heavy atom. The summed E-state index contributed by atoms with van der Waals surface area (Å²) >= 11 is 0. The molecule has 0 radical (unpaired) electrons. The number of aliphatic hydroxyl groups is 1. The van der Waals surface area contributed by atoms with Gasteiger partial charge in [-0.15, -0.1) is 0 Å². The first kappa shape index (κ1) is 17.4. The van der Waals surface area contributed by atoms with Gasteiger partial charge >= 0.3 is 0 Å². The molecule has 0 saturated heterocycles. The fraction of sp³-hybridized carbons (Fsp3) is 0.263. The van der Waals surface area contributed by atoms with Gasteiger partial charge in [-0.25, -0.2) is 8.42 Å². The van der Waals surface area contributed by atoms with E-state index in [0.29, 0.717) is 5.57 Å². The average molecular weight is 330 g/mol. The van der Waals surface area contributed by atoms with Gasteiger partial charge in [0, 0.05) is 6.42 Å². The monoisotopic (exact) mass is 330 g/mol. The van der Waals surface area contributed by atoms with E-state index in [4.69, 9.17) is 0 Å². The van der Waals surface area contributed by atoms with Crippen molar-refractivity contribution in [1.29, 1.82) is 0 Å². The van der Waals surface area contributed by atoms with Crippen molar-refractivity contribution >= 4 is 9.84 Å². The number of hydrogen-bond acceptors (Lipinski definition) is 3. The van der Waals surface area contributed by atoms with E-state index in [2.05, 4.69) is 6.58 Å². The molecule has 0 spiro atoms. The van der Waals surface area contributed by atoms with Crippen molar-refractivity contribution < 1.29 is 13.5 Å². The van der Waals surface area contributed by atoms with E-state index in [9.17, 15) is 13.5 Å². The molecule has 1 atom stereocenters. The molecule has 0 heterocycles. The molecule has 0 aromatic heterocycles. The third-order valence-corrected chi connectivity index (χ3v) is 5.54. The molecule has 1 unspecified atom stereocenters. The van der Waals surface area contributed by atoms with Crippen LogP contribution in [0.2, 0.25) is 0 Å². The van der Waals surface area contributed by atoms with Gasteiger partial charge in [0.05, 0.1) is 16.2 Å². The molecule has 122 valence electrons. The highest BCUT2D eigenvalue weighted by Gasteiger charge is 2.26. The molecular weight excluding hydrogens is 308 g/mol. The Morgan fingerprint density at radius 1 is 1.09 bits per heavy atom. The third-order valence-electron chi connectivity index (χ3n) is 3.76. The van der Waals surface area contributed by atoms with Gasteiger partial charge in [-0.3, -0.25) is 0 Å². The average Bonchev–Trinajstić information content (AvgIpc) is 2.47. The summed E-state index contributed by atoms with van der Waals surface area (Å²) in [6.07, 6.45) is 0.197. The maximum atomic E-state index is 12.4. The Hall–Kier alpha value is -1.91. The first-order valence-corrected chi connectivity index (χ1v) is 9.10. The molecule has 2 aromatic carbocycles. The molecule has 0 bridgehead atoms. The number of benzene rings is 2. The van der Waals surface area contributed by atoms with Gasteiger partial charge in [0.15, 0.2) is 9.84 Å². The molecule has 0 fully saturated rings. The van der Waals surface area contributed by atoms with Crippen molar-refractivity contribution in [1.82, 2.24) is 0 Å². The molecule has 2 rings (SSSR count). The smallest absolute Gasteiger partial charge is 0.182 e. The molecule has 0 aliphatic heterocycles. The van der Waals surface area contributed by atoms with Crippen LogP contribution in [0.1, 0.15) is 24.5 Å². The van der Waals surface area contributed by atoms with Gasteiger partial charge in [0.25, 0.3) is 0 Å². The summed E-state index contributed by atoms with van der Waals surface area (Å²) in [5.74, 6) is -0.168. The first-order chi connectivity index (χ1) is 10.7. The first-order valence-electron chi connectivity index (χ1n) is 7.45. The third kappa shape index (κ3) is 4.53. The minimum Gasteiger partial charge on any atom is -0.385 e. The predicted molar refractivity (Wildman–Crippen MR) is 93.0 cm³/mol. The van der Waals surface area contributed by atoms with Gasteiger partial charge in [0.2, 0.25) is 0 Å². The summed E-state index contributed by atoms with van der Waals surface area (Å²) in [4.78, 5) is 0.281.